The number of amides is 2. The zero-order valence-electron chi connectivity index (χ0n) is 23.7. The van der Waals surface area contributed by atoms with E-state index in [4.69, 9.17) is 9.57 Å². The molecule has 9 heteroatoms. The Morgan fingerprint density at radius 3 is 2.59 bits per heavy atom. The van der Waals surface area contributed by atoms with Crippen LogP contribution in [0.1, 0.15) is 52.9 Å². The summed E-state index contributed by atoms with van der Waals surface area (Å²) in [5, 5.41) is 12.3. The van der Waals surface area contributed by atoms with Gasteiger partial charge in [-0.25, -0.2) is 9.63 Å². The first-order valence-electron chi connectivity index (χ1n) is 14.1. The molecule has 5 aliphatic rings. The minimum atomic E-state index is -1.89. The topological polar surface area (TPSA) is 113 Å². The summed E-state index contributed by atoms with van der Waals surface area (Å²) in [6, 6.07) is 8.62. The minimum absolute atomic E-state index is 0.0429. The fraction of sp³-hybridized carbons (Fsp3) is 0.438. The van der Waals surface area contributed by atoms with E-state index in [9.17, 15) is 24.3 Å². The predicted octanol–water partition coefficient (Wildman–Crippen LogP) is 4.34. The lowest BCUT2D eigenvalue weighted by molar-refractivity contribution is -0.227. The average molecular weight is 559 g/mol. The number of aliphatic hydroxyl groups is 1. The molecule has 0 unspecified atom stereocenters. The van der Waals surface area contributed by atoms with E-state index in [0.717, 1.165) is 24.8 Å². The van der Waals surface area contributed by atoms with E-state index < -0.39 is 41.5 Å². The third-order valence-corrected chi connectivity index (χ3v) is 9.40. The van der Waals surface area contributed by atoms with Crippen LogP contribution in [0.4, 0.5) is 10.5 Å². The van der Waals surface area contributed by atoms with Gasteiger partial charge in [-0.1, -0.05) is 43.7 Å². The summed E-state index contributed by atoms with van der Waals surface area (Å²) in [6.45, 7) is 4.15. The summed E-state index contributed by atoms with van der Waals surface area (Å²) in [4.78, 5) is 62.4. The van der Waals surface area contributed by atoms with Gasteiger partial charge in [0.15, 0.2) is 18.0 Å². The second-order valence-corrected chi connectivity index (χ2v) is 11.9. The van der Waals surface area contributed by atoms with E-state index in [0.29, 0.717) is 34.5 Å². The maximum absolute atomic E-state index is 14.4. The van der Waals surface area contributed by atoms with Crippen molar-refractivity contribution >= 4 is 29.3 Å². The van der Waals surface area contributed by atoms with Crippen LogP contribution in [0.15, 0.2) is 76.0 Å². The van der Waals surface area contributed by atoms with Gasteiger partial charge in [0.1, 0.15) is 0 Å². The Morgan fingerprint density at radius 2 is 1.88 bits per heavy atom. The maximum Gasteiger partial charge on any atom is 0.353 e. The van der Waals surface area contributed by atoms with E-state index >= 15 is 0 Å². The quantitative estimate of drug-likeness (QED) is 0.547. The highest BCUT2D eigenvalue weighted by molar-refractivity contribution is 6.12. The highest BCUT2D eigenvalue weighted by Crippen LogP contribution is 2.62. The van der Waals surface area contributed by atoms with Crippen molar-refractivity contribution < 1.29 is 33.9 Å². The molecule has 1 N–H and O–H groups in total. The number of hydroxylamine groups is 2. The lowest BCUT2D eigenvalue weighted by atomic mass is 9.52. The van der Waals surface area contributed by atoms with Crippen LogP contribution in [0.5, 0.6) is 0 Å². The molecule has 1 aromatic carbocycles. The van der Waals surface area contributed by atoms with Crippen LogP contribution >= 0.6 is 0 Å². The Kier molecular flexibility index (Phi) is 6.43. The van der Waals surface area contributed by atoms with Gasteiger partial charge in [0.2, 0.25) is 5.78 Å². The van der Waals surface area contributed by atoms with Crippen LogP contribution in [-0.4, -0.2) is 59.1 Å². The third-order valence-electron chi connectivity index (χ3n) is 9.40. The fourth-order valence-corrected chi connectivity index (χ4v) is 7.24. The number of urea groups is 1. The zero-order chi connectivity index (χ0) is 29.3. The largest absolute Gasteiger partial charge is 0.458 e. The molecule has 4 atom stereocenters. The van der Waals surface area contributed by atoms with Crippen molar-refractivity contribution in [2.45, 2.75) is 64.6 Å². The van der Waals surface area contributed by atoms with Crippen molar-refractivity contribution in [3.63, 3.8) is 0 Å². The molecule has 0 spiro atoms. The summed E-state index contributed by atoms with van der Waals surface area (Å²) in [6.07, 6.45) is 5.39. The first-order valence-corrected chi connectivity index (χ1v) is 14.1. The van der Waals surface area contributed by atoms with Crippen LogP contribution < -0.4 is 4.90 Å². The smallest absolute Gasteiger partial charge is 0.353 e. The number of hydrogen-bond acceptors (Lipinski definition) is 7. The van der Waals surface area contributed by atoms with Crippen molar-refractivity contribution in [1.29, 1.82) is 0 Å². The van der Waals surface area contributed by atoms with E-state index in [-0.39, 0.29) is 18.1 Å². The highest BCUT2D eigenvalue weighted by atomic mass is 16.7. The highest BCUT2D eigenvalue weighted by Gasteiger charge is 2.68. The number of benzene rings is 1. The molecular weight excluding hydrogens is 524 g/mol. The normalized spacial score (nSPS) is 30.2. The van der Waals surface area contributed by atoms with Crippen LogP contribution in [0.25, 0.3) is 0 Å². The third kappa shape index (κ3) is 3.89. The Morgan fingerprint density at radius 1 is 1.15 bits per heavy atom. The number of aliphatic hydroxyl groups excluding tert-OH is 1. The van der Waals surface area contributed by atoms with Crippen LogP contribution in [-0.2, 0) is 24.0 Å². The molecule has 0 saturated carbocycles. The van der Waals surface area contributed by atoms with Crippen molar-refractivity contribution in [2.75, 3.05) is 18.6 Å². The molecule has 0 bridgehead atoms. The van der Waals surface area contributed by atoms with Crippen molar-refractivity contribution in [3.8, 4) is 0 Å². The minimum Gasteiger partial charge on any atom is -0.458 e. The molecule has 2 amide bonds. The van der Waals surface area contributed by atoms with Gasteiger partial charge in [-0.3, -0.25) is 19.3 Å². The van der Waals surface area contributed by atoms with Crippen LogP contribution in [0, 0.1) is 11.3 Å². The molecule has 9 nitrogen and oxygen atoms in total. The summed E-state index contributed by atoms with van der Waals surface area (Å²) in [5.74, 6) is -1.81. The van der Waals surface area contributed by atoms with Gasteiger partial charge in [0, 0.05) is 42.1 Å². The number of ketones is 2. The van der Waals surface area contributed by atoms with Crippen molar-refractivity contribution in [3.05, 3.63) is 76.0 Å². The number of anilines is 1. The fourth-order valence-electron chi connectivity index (χ4n) is 7.24. The molecule has 0 saturated heterocycles. The van der Waals surface area contributed by atoms with E-state index in [1.807, 2.05) is 25.1 Å². The molecule has 1 aliphatic heterocycles. The van der Waals surface area contributed by atoms with Gasteiger partial charge >= 0.3 is 12.0 Å². The maximum atomic E-state index is 14.4. The Balaban J connectivity index is 1.58. The molecule has 0 aromatic heterocycles. The molecule has 0 radical (unpaired) electrons. The molecular formula is C32H34N2O7. The van der Waals surface area contributed by atoms with E-state index in [1.54, 1.807) is 32.2 Å². The van der Waals surface area contributed by atoms with Crippen molar-refractivity contribution in [1.82, 2.24) is 5.06 Å². The summed E-state index contributed by atoms with van der Waals surface area (Å²) in [7, 11) is 1.64. The second kappa shape index (κ2) is 9.63. The van der Waals surface area contributed by atoms with Crippen molar-refractivity contribution in [2.24, 2.45) is 11.3 Å². The second-order valence-electron chi connectivity index (χ2n) is 11.9. The summed E-state index contributed by atoms with van der Waals surface area (Å²) >= 11 is 0. The van der Waals surface area contributed by atoms with Gasteiger partial charge in [-0.2, -0.15) is 5.06 Å². The van der Waals surface area contributed by atoms with E-state index in [2.05, 4.69) is 0 Å². The number of para-hydroxylation sites is 1. The molecule has 0 fully saturated rings. The summed E-state index contributed by atoms with van der Waals surface area (Å²) < 4.78 is 5.20. The molecule has 1 aromatic rings. The lowest BCUT2D eigenvalue weighted by Gasteiger charge is -2.57. The number of esters is 1. The first-order chi connectivity index (χ1) is 19.5. The monoisotopic (exact) mass is 558 g/mol. The van der Waals surface area contributed by atoms with Gasteiger partial charge in [0.05, 0.1) is 11.8 Å². The Labute approximate surface area is 238 Å². The molecule has 6 rings (SSSR count). The SMILES string of the molecule is CC(=O)OCC(=O)[C@]12ON(C(=O)N(C)c3ccccc3)C3=C(CC4=C3CCC4)C1=CC(=O)C1=C[C@@H](C)[C@@H](O)C[C@@]12C. The van der Waals surface area contributed by atoms with Gasteiger partial charge in [-0.05, 0) is 61.5 Å². The number of carbonyl (C=O) groups excluding carboxylic acids is 4. The van der Waals surface area contributed by atoms with Gasteiger partial charge in [0.25, 0.3) is 0 Å². The lowest BCUT2D eigenvalue weighted by Crippen LogP contribution is -2.67. The van der Waals surface area contributed by atoms with Crippen LogP contribution in [0.2, 0.25) is 0 Å². The molecule has 214 valence electrons. The zero-order valence-corrected chi connectivity index (χ0v) is 23.7. The van der Waals surface area contributed by atoms with Gasteiger partial charge < -0.3 is 9.84 Å². The number of fused-ring (bicyclic) bond motifs is 5. The number of ether oxygens (including phenoxy) is 1. The number of Topliss-reactive ketones (excluding diaryl/α,β-unsaturated/α-hetero) is 1. The number of carbonyl (C=O) groups is 4. The molecule has 41 heavy (non-hydrogen) atoms. The number of allylic oxidation sites excluding steroid dienone is 3. The first kappa shape index (κ1) is 27.4. The van der Waals surface area contributed by atoms with Gasteiger partial charge in [-0.15, -0.1) is 0 Å². The van der Waals surface area contributed by atoms with Crippen LogP contribution in [0.3, 0.4) is 0 Å². The Bertz CT molecular complexity index is 1500. The Hall–Kier alpha value is -3.82. The number of hydrogen-bond donors (Lipinski definition) is 1. The standard InChI is InChI=1S/C32H34N2O7/c1-18-13-25-26(36)15-24-23-14-20-9-8-12-22(20)29(23)34(30(39)33(4)21-10-6-5-7-11-21)41-32(24,28(38)17-40-19(2)35)31(25,3)16-27(18)37/h5-7,10-11,13,15,18,27,37H,8-9,12,14,16-17H2,1-4H3/t18-,27+,31+,32-/m1/s1. The summed E-state index contributed by atoms with van der Waals surface area (Å²) in [5.41, 5.74) is 1.60. The molecule has 4 aliphatic carbocycles. The number of nitrogens with zero attached hydrogens (tertiary/aromatic N) is 2. The van der Waals surface area contributed by atoms with E-state index in [1.165, 1.54) is 28.5 Å². The average Bonchev–Trinajstić information content (AvgIpc) is 3.55. The predicted molar refractivity (Wildman–Crippen MR) is 149 cm³/mol. The molecule has 1 heterocycles. The number of rotatable bonds is 4.